The fourth-order valence-electron chi connectivity index (χ4n) is 0.896. The van der Waals surface area contributed by atoms with Gasteiger partial charge in [0.15, 0.2) is 0 Å². The van der Waals surface area contributed by atoms with Gasteiger partial charge in [0.1, 0.15) is 10.6 Å². The number of rotatable bonds is 2. The van der Waals surface area contributed by atoms with Gasteiger partial charge >= 0.3 is 29.6 Å². The number of aryl methyl sites for hydroxylation is 1. The molecule has 0 bridgehead atoms. The minimum absolute atomic E-state index is 0. The summed E-state index contributed by atoms with van der Waals surface area (Å²) in [6.45, 7) is 1.74. The molecule has 14 heavy (non-hydrogen) atoms. The van der Waals surface area contributed by atoms with Crippen LogP contribution in [0.2, 0.25) is 0 Å². The third-order valence-electron chi connectivity index (χ3n) is 1.51. The summed E-state index contributed by atoms with van der Waals surface area (Å²) in [5.41, 5.74) is 0.769. The summed E-state index contributed by atoms with van der Waals surface area (Å²) in [5, 5.41) is 9.28. The van der Waals surface area contributed by atoms with Crippen molar-refractivity contribution in [3.05, 3.63) is 23.8 Å². The molecule has 7 heteroatoms. The van der Waals surface area contributed by atoms with Crippen LogP contribution in [0.4, 0.5) is 0 Å². The molecule has 0 spiro atoms. The average molecular weight is 246 g/mol. The maximum absolute atomic E-state index is 11.1. The molecule has 2 N–H and O–H groups in total. The van der Waals surface area contributed by atoms with Gasteiger partial charge in [-0.1, -0.05) is 6.07 Å². The third-order valence-corrected chi connectivity index (χ3v) is 3.24. The van der Waals surface area contributed by atoms with Crippen LogP contribution in [0.5, 0.6) is 5.75 Å². The van der Waals surface area contributed by atoms with Gasteiger partial charge in [-0.15, -0.1) is 4.24 Å². The molecule has 0 heterocycles. The Morgan fingerprint density at radius 2 is 2.07 bits per heavy atom. The molecule has 1 rings (SSSR count). The topological polar surface area (TPSA) is 66.4 Å². The van der Waals surface area contributed by atoms with Gasteiger partial charge in [0.05, 0.1) is 0 Å². The molecule has 0 saturated carbocycles. The van der Waals surface area contributed by atoms with E-state index in [4.69, 9.17) is 11.8 Å². The minimum Gasteiger partial charge on any atom is -1.00 e. The predicted octanol–water partition coefficient (Wildman–Crippen LogP) is -1.75. The van der Waals surface area contributed by atoms with E-state index in [0.29, 0.717) is 0 Å². The van der Waals surface area contributed by atoms with E-state index in [1.54, 1.807) is 17.2 Å². The van der Waals surface area contributed by atoms with Gasteiger partial charge in [0.25, 0.3) is 10.0 Å². The fourth-order valence-corrected chi connectivity index (χ4v) is 1.81. The van der Waals surface area contributed by atoms with E-state index < -0.39 is 10.0 Å². The van der Waals surface area contributed by atoms with Crippen LogP contribution in [0.3, 0.4) is 0 Å². The van der Waals surface area contributed by atoms with Crippen molar-refractivity contribution in [1.82, 2.24) is 4.24 Å². The summed E-state index contributed by atoms with van der Waals surface area (Å²) in [6.07, 6.45) is 0. The summed E-state index contributed by atoms with van der Waals surface area (Å²) in [5.74, 6) is -0.312. The van der Waals surface area contributed by atoms with Gasteiger partial charge < -0.3 is 6.53 Å². The maximum atomic E-state index is 11.1. The minimum atomic E-state index is -3.78. The van der Waals surface area contributed by atoms with Crippen LogP contribution in [0.25, 0.3) is 0 Å². The molecule has 0 amide bonds. The van der Waals surface area contributed by atoms with E-state index >= 15 is 0 Å². The molecule has 0 aliphatic heterocycles. The SMILES string of the molecule is Cc1ccc(S(=O)(=O)NCl)c(O)c1.[H-].[Na+]. The van der Waals surface area contributed by atoms with E-state index in [0.717, 1.165) is 5.56 Å². The van der Waals surface area contributed by atoms with Gasteiger partial charge in [-0.05, 0) is 36.4 Å². The molecule has 0 unspecified atom stereocenters. The molecular weight excluding hydrogens is 237 g/mol. The third kappa shape index (κ3) is 3.12. The van der Waals surface area contributed by atoms with E-state index in [1.807, 2.05) is 0 Å². The van der Waals surface area contributed by atoms with Gasteiger partial charge in [-0.25, -0.2) is 8.42 Å². The largest absolute Gasteiger partial charge is 1.00 e. The molecule has 0 radical (unpaired) electrons. The molecular formula is C7H9ClNNaO3S. The van der Waals surface area contributed by atoms with Crippen molar-refractivity contribution in [2.75, 3.05) is 0 Å². The Bertz CT molecular complexity index is 426. The van der Waals surface area contributed by atoms with Crippen LogP contribution in [0.1, 0.15) is 6.99 Å². The number of phenols is 1. The van der Waals surface area contributed by atoms with Crippen molar-refractivity contribution in [2.24, 2.45) is 0 Å². The summed E-state index contributed by atoms with van der Waals surface area (Å²) >= 11 is 4.99. The van der Waals surface area contributed by atoms with Crippen molar-refractivity contribution >= 4 is 21.8 Å². The second-order valence-corrected chi connectivity index (χ2v) is 4.62. The number of aromatic hydroxyl groups is 1. The Hall–Kier alpha value is 0.220. The number of sulfonamides is 1. The van der Waals surface area contributed by atoms with Crippen LogP contribution < -0.4 is 33.8 Å². The molecule has 0 aromatic heterocycles. The zero-order chi connectivity index (χ0) is 10.1. The van der Waals surface area contributed by atoms with Gasteiger partial charge in [-0.3, -0.25) is 0 Å². The second kappa shape index (κ2) is 5.34. The molecule has 0 atom stereocenters. The first-order valence-electron chi connectivity index (χ1n) is 3.39. The quantitative estimate of drug-likeness (QED) is 0.480. The molecule has 0 aliphatic carbocycles. The van der Waals surface area contributed by atoms with Crippen molar-refractivity contribution in [3.8, 4) is 5.75 Å². The Morgan fingerprint density at radius 3 is 2.50 bits per heavy atom. The van der Waals surface area contributed by atoms with Crippen molar-refractivity contribution in [3.63, 3.8) is 0 Å². The van der Waals surface area contributed by atoms with E-state index in [9.17, 15) is 13.5 Å². The number of hydrogen-bond acceptors (Lipinski definition) is 3. The predicted molar refractivity (Wildman–Crippen MR) is 50.1 cm³/mol. The zero-order valence-electron chi connectivity index (χ0n) is 8.78. The Kier molecular flexibility index (Phi) is 5.43. The number of phenolic OH excluding ortho intramolecular Hbond substituents is 1. The first-order chi connectivity index (χ1) is 5.97. The molecule has 4 nitrogen and oxygen atoms in total. The first-order valence-corrected chi connectivity index (χ1v) is 5.25. The Labute approximate surface area is 111 Å². The molecule has 0 aliphatic rings. The van der Waals surface area contributed by atoms with Crippen LogP contribution in [-0.4, -0.2) is 13.5 Å². The first kappa shape index (κ1) is 14.2. The maximum Gasteiger partial charge on any atom is 1.00 e. The van der Waals surface area contributed by atoms with Crippen LogP contribution in [-0.2, 0) is 10.0 Å². The van der Waals surface area contributed by atoms with E-state index in [2.05, 4.69) is 0 Å². The van der Waals surface area contributed by atoms with E-state index in [1.165, 1.54) is 12.1 Å². The zero-order valence-corrected chi connectivity index (χ0v) is 11.4. The Balaban J connectivity index is 0. The van der Waals surface area contributed by atoms with Crippen molar-refractivity contribution in [2.45, 2.75) is 11.8 Å². The van der Waals surface area contributed by atoms with Gasteiger partial charge in [0, 0.05) is 0 Å². The van der Waals surface area contributed by atoms with Crippen LogP contribution >= 0.6 is 11.8 Å². The van der Waals surface area contributed by atoms with Crippen LogP contribution in [0, 0.1) is 6.92 Å². The molecule has 0 saturated heterocycles. The normalized spacial score (nSPS) is 10.7. The summed E-state index contributed by atoms with van der Waals surface area (Å²) in [6, 6.07) is 4.21. The molecule has 74 valence electrons. The Morgan fingerprint density at radius 1 is 1.50 bits per heavy atom. The molecule has 1 aromatic rings. The standard InChI is InChI=1S/C7H8ClNO3S.Na.H/c1-5-2-3-7(6(10)4-5)13(11,12)9-8;;/h2-4,9-10H,1H3;;/q;+1;-1. The fraction of sp³-hybridized carbons (Fsp3) is 0.143. The molecule has 1 aromatic carbocycles. The summed E-state index contributed by atoms with van der Waals surface area (Å²) in [7, 11) is -3.78. The number of nitrogens with one attached hydrogen (secondary N) is 1. The van der Waals surface area contributed by atoms with Crippen LogP contribution in [0.15, 0.2) is 23.1 Å². The van der Waals surface area contributed by atoms with E-state index in [-0.39, 0.29) is 41.6 Å². The summed E-state index contributed by atoms with van der Waals surface area (Å²) in [4.78, 5) is -0.229. The average Bonchev–Trinajstić information content (AvgIpc) is 2.03. The van der Waals surface area contributed by atoms with Gasteiger partial charge in [0.2, 0.25) is 0 Å². The number of hydrogen-bond donors (Lipinski definition) is 2. The second-order valence-electron chi connectivity index (χ2n) is 2.55. The monoisotopic (exact) mass is 245 g/mol. The molecule has 0 fully saturated rings. The smallest absolute Gasteiger partial charge is 1.00 e. The van der Waals surface area contributed by atoms with Crippen molar-refractivity contribution < 1.29 is 44.5 Å². The number of halogens is 1. The summed E-state index contributed by atoms with van der Waals surface area (Å²) < 4.78 is 23.9. The number of benzene rings is 1. The van der Waals surface area contributed by atoms with Crippen molar-refractivity contribution in [1.29, 1.82) is 0 Å². The van der Waals surface area contributed by atoms with Gasteiger partial charge in [-0.2, -0.15) is 0 Å².